The number of anilines is 1. The summed E-state index contributed by atoms with van der Waals surface area (Å²) in [4.78, 5) is 12.2. The van der Waals surface area contributed by atoms with E-state index in [9.17, 15) is 9.90 Å². The minimum Gasteiger partial charge on any atom is -0.506 e. The van der Waals surface area contributed by atoms with Crippen molar-refractivity contribution in [1.29, 1.82) is 0 Å². The first-order chi connectivity index (χ1) is 15.8. The summed E-state index contributed by atoms with van der Waals surface area (Å²) in [6.45, 7) is 3.87. The number of benzene rings is 3. The predicted octanol–water partition coefficient (Wildman–Crippen LogP) is 4.63. The number of hydrazone groups is 1. The number of amides is 1. The molecule has 0 aliphatic heterocycles. The third-order valence-corrected chi connectivity index (χ3v) is 5.57. The molecule has 9 heteroatoms. The van der Waals surface area contributed by atoms with Gasteiger partial charge in [0.05, 0.1) is 15.7 Å². The highest BCUT2D eigenvalue weighted by Crippen LogP contribution is 2.30. The molecule has 5 N–H and O–H groups in total. The van der Waals surface area contributed by atoms with Gasteiger partial charge in [0.15, 0.2) is 0 Å². The SMILES string of the molecule is Cc1cc(/C=N\NC(=O)c2ccc(O)c(Cl)c2)cc(Br)c1OCCNCc1ccc(N)cc1. The van der Waals surface area contributed by atoms with Crippen LogP contribution in [-0.4, -0.2) is 30.4 Å². The van der Waals surface area contributed by atoms with E-state index < -0.39 is 5.91 Å². The lowest BCUT2D eigenvalue weighted by molar-refractivity contribution is 0.0955. The number of phenolic OH excluding ortho intramolecular Hbond substituents is 1. The van der Waals surface area contributed by atoms with Crippen LogP contribution in [0.15, 0.2) is 64.2 Å². The number of ether oxygens (including phenoxy) is 1. The molecule has 0 aliphatic carbocycles. The maximum absolute atomic E-state index is 12.2. The molecule has 0 fully saturated rings. The summed E-state index contributed by atoms with van der Waals surface area (Å²) >= 11 is 9.37. The summed E-state index contributed by atoms with van der Waals surface area (Å²) in [5.74, 6) is 0.233. The second-order valence-corrected chi connectivity index (χ2v) is 8.54. The average Bonchev–Trinajstić information content (AvgIpc) is 2.78. The Morgan fingerprint density at radius 1 is 1.21 bits per heavy atom. The lowest BCUT2D eigenvalue weighted by atomic mass is 10.1. The van der Waals surface area contributed by atoms with Gasteiger partial charge in [0.2, 0.25) is 0 Å². The van der Waals surface area contributed by atoms with Crippen molar-refractivity contribution in [3.63, 3.8) is 0 Å². The van der Waals surface area contributed by atoms with Gasteiger partial charge < -0.3 is 20.9 Å². The van der Waals surface area contributed by atoms with E-state index >= 15 is 0 Å². The van der Waals surface area contributed by atoms with Gasteiger partial charge in [-0.3, -0.25) is 4.79 Å². The zero-order chi connectivity index (χ0) is 23.8. The zero-order valence-electron chi connectivity index (χ0n) is 17.9. The first-order valence-electron chi connectivity index (χ1n) is 10.1. The predicted molar refractivity (Wildman–Crippen MR) is 135 cm³/mol. The molecule has 0 radical (unpaired) electrons. The number of nitrogens with zero attached hydrogens (tertiary/aromatic N) is 1. The van der Waals surface area contributed by atoms with Gasteiger partial charge in [-0.15, -0.1) is 0 Å². The molecule has 0 saturated heterocycles. The molecule has 0 bridgehead atoms. The van der Waals surface area contributed by atoms with Crippen LogP contribution in [0.1, 0.15) is 27.0 Å². The highest BCUT2D eigenvalue weighted by atomic mass is 79.9. The van der Waals surface area contributed by atoms with Crippen LogP contribution >= 0.6 is 27.5 Å². The number of rotatable bonds is 9. The van der Waals surface area contributed by atoms with Crippen molar-refractivity contribution in [3.05, 3.63) is 86.3 Å². The molecule has 0 aromatic heterocycles. The highest BCUT2D eigenvalue weighted by molar-refractivity contribution is 9.10. The molecular weight excluding hydrogens is 508 g/mol. The number of nitrogens with one attached hydrogen (secondary N) is 2. The van der Waals surface area contributed by atoms with Crippen molar-refractivity contribution in [2.45, 2.75) is 13.5 Å². The first kappa shape index (κ1) is 24.6. The molecule has 0 aliphatic rings. The van der Waals surface area contributed by atoms with Crippen LogP contribution in [0.3, 0.4) is 0 Å². The molecule has 1 amide bonds. The second kappa shape index (κ2) is 11.7. The topological polar surface area (TPSA) is 109 Å². The van der Waals surface area contributed by atoms with Gasteiger partial charge in [-0.05, 0) is 82.0 Å². The second-order valence-electron chi connectivity index (χ2n) is 7.28. The number of nitrogens with two attached hydrogens (primary N) is 1. The molecule has 0 unspecified atom stereocenters. The monoisotopic (exact) mass is 530 g/mol. The number of hydrogen-bond acceptors (Lipinski definition) is 6. The average molecular weight is 532 g/mol. The lowest BCUT2D eigenvalue weighted by Gasteiger charge is -2.13. The maximum Gasteiger partial charge on any atom is 0.271 e. The van der Waals surface area contributed by atoms with E-state index in [1.807, 2.05) is 43.3 Å². The number of aromatic hydroxyl groups is 1. The number of nitrogen functional groups attached to an aromatic ring is 1. The Morgan fingerprint density at radius 3 is 2.67 bits per heavy atom. The molecule has 7 nitrogen and oxygen atoms in total. The number of halogens is 2. The standard InChI is InChI=1S/C24H24BrClN4O3/c1-15-10-17(14-29-30-24(32)18-4-7-22(31)21(26)12-18)11-20(25)23(15)33-9-8-28-13-16-2-5-19(27)6-3-16/h2-7,10-12,14,28,31H,8-9,13,27H2,1H3,(H,30,32)/b29-14-. The van der Waals surface area contributed by atoms with Crippen molar-refractivity contribution in [1.82, 2.24) is 10.7 Å². The molecule has 3 aromatic carbocycles. The van der Waals surface area contributed by atoms with Crippen molar-refractivity contribution in [2.24, 2.45) is 5.10 Å². The molecule has 3 aromatic rings. The van der Waals surface area contributed by atoms with Crippen molar-refractivity contribution in [3.8, 4) is 11.5 Å². The summed E-state index contributed by atoms with van der Waals surface area (Å²) in [5, 5.41) is 16.9. The van der Waals surface area contributed by atoms with E-state index in [2.05, 4.69) is 31.8 Å². The number of phenols is 1. The molecule has 0 spiro atoms. The Morgan fingerprint density at radius 2 is 1.97 bits per heavy atom. The van der Waals surface area contributed by atoms with Crippen LogP contribution < -0.4 is 21.2 Å². The summed E-state index contributed by atoms with van der Waals surface area (Å²) in [5.41, 5.74) is 12.1. The van der Waals surface area contributed by atoms with E-state index in [1.165, 1.54) is 24.4 Å². The van der Waals surface area contributed by atoms with E-state index in [-0.39, 0.29) is 10.8 Å². The van der Waals surface area contributed by atoms with Crippen molar-refractivity contribution < 1.29 is 14.6 Å². The Hall–Kier alpha value is -3.07. The fraction of sp³-hybridized carbons (Fsp3) is 0.167. The number of hydrogen-bond donors (Lipinski definition) is 4. The van der Waals surface area contributed by atoms with Crippen LogP contribution in [0, 0.1) is 6.92 Å². The van der Waals surface area contributed by atoms with E-state index in [1.54, 1.807) is 0 Å². The molecule has 0 heterocycles. The van der Waals surface area contributed by atoms with Crippen LogP contribution in [0.25, 0.3) is 0 Å². The Kier molecular flexibility index (Phi) is 8.71. The highest BCUT2D eigenvalue weighted by Gasteiger charge is 2.09. The normalized spacial score (nSPS) is 11.0. The molecule has 172 valence electrons. The van der Waals surface area contributed by atoms with E-state index in [0.717, 1.165) is 39.1 Å². The number of carbonyl (C=O) groups is 1. The fourth-order valence-electron chi connectivity index (χ4n) is 2.99. The summed E-state index contributed by atoms with van der Waals surface area (Å²) in [6, 6.07) is 15.7. The fourth-order valence-corrected chi connectivity index (χ4v) is 3.86. The Labute approximate surface area is 205 Å². The molecule has 3 rings (SSSR count). The summed E-state index contributed by atoms with van der Waals surface area (Å²) < 4.78 is 6.72. The lowest BCUT2D eigenvalue weighted by Crippen LogP contribution is -2.21. The van der Waals surface area contributed by atoms with Crippen LogP contribution in [0.5, 0.6) is 11.5 Å². The number of carbonyl (C=O) groups excluding carboxylic acids is 1. The molecular formula is C24H24BrClN4O3. The van der Waals surface area contributed by atoms with Crippen LogP contribution in [0.2, 0.25) is 5.02 Å². The smallest absolute Gasteiger partial charge is 0.271 e. The van der Waals surface area contributed by atoms with Crippen LogP contribution in [0.4, 0.5) is 5.69 Å². The minimum absolute atomic E-state index is 0.0862. The first-order valence-corrected chi connectivity index (χ1v) is 11.3. The van der Waals surface area contributed by atoms with Gasteiger partial charge >= 0.3 is 0 Å². The van der Waals surface area contributed by atoms with E-state index in [0.29, 0.717) is 18.7 Å². The molecule has 33 heavy (non-hydrogen) atoms. The third kappa shape index (κ3) is 7.21. The molecule has 0 saturated carbocycles. The van der Waals surface area contributed by atoms with Gasteiger partial charge in [-0.1, -0.05) is 23.7 Å². The Bertz CT molecular complexity index is 1130. The van der Waals surface area contributed by atoms with E-state index in [4.69, 9.17) is 22.1 Å². The third-order valence-electron chi connectivity index (χ3n) is 4.68. The minimum atomic E-state index is -0.435. The summed E-state index contributed by atoms with van der Waals surface area (Å²) in [6.07, 6.45) is 1.54. The van der Waals surface area contributed by atoms with Crippen molar-refractivity contribution >= 4 is 45.3 Å². The van der Waals surface area contributed by atoms with Gasteiger partial charge in [-0.2, -0.15) is 5.10 Å². The zero-order valence-corrected chi connectivity index (χ0v) is 20.3. The maximum atomic E-state index is 12.2. The van der Waals surface area contributed by atoms with Gasteiger partial charge in [0.1, 0.15) is 18.1 Å². The molecule has 0 atom stereocenters. The van der Waals surface area contributed by atoms with Gasteiger partial charge in [0.25, 0.3) is 5.91 Å². The summed E-state index contributed by atoms with van der Waals surface area (Å²) in [7, 11) is 0. The van der Waals surface area contributed by atoms with Gasteiger partial charge in [0, 0.05) is 24.3 Å². The van der Waals surface area contributed by atoms with Gasteiger partial charge in [-0.25, -0.2) is 5.43 Å². The quantitative estimate of drug-likeness (QED) is 0.139. The number of aryl methyl sites for hydroxylation is 1. The Balaban J connectivity index is 1.49. The largest absolute Gasteiger partial charge is 0.506 e. The van der Waals surface area contributed by atoms with Crippen LogP contribution in [-0.2, 0) is 6.54 Å². The van der Waals surface area contributed by atoms with Crippen molar-refractivity contribution in [2.75, 3.05) is 18.9 Å².